The predicted molar refractivity (Wildman–Crippen MR) is 45.0 cm³/mol. The zero-order chi connectivity index (χ0) is 9.10. The first-order chi connectivity index (χ1) is 6.40. The van der Waals surface area contributed by atoms with Crippen LogP contribution in [0.1, 0.15) is 30.7 Å². The van der Waals surface area contributed by atoms with Crippen LogP contribution in [0.3, 0.4) is 0 Å². The van der Waals surface area contributed by atoms with Crippen molar-refractivity contribution >= 4 is 0 Å². The Morgan fingerprint density at radius 2 is 2.46 bits per heavy atom. The highest BCUT2D eigenvalue weighted by Gasteiger charge is 2.23. The van der Waals surface area contributed by atoms with E-state index in [1.165, 1.54) is 0 Å². The quantitative estimate of drug-likeness (QED) is 0.735. The molecule has 1 atom stereocenters. The number of nitrogens with zero attached hydrogens (tertiary/aromatic N) is 2. The normalized spacial score (nSPS) is 22.4. The number of ether oxygens (including phenoxy) is 1. The lowest BCUT2D eigenvalue weighted by Gasteiger charge is -2.00. The van der Waals surface area contributed by atoms with E-state index in [0.717, 1.165) is 19.4 Å². The molecular formula is C8H13N3O2. The number of rotatable bonds is 3. The summed E-state index contributed by atoms with van der Waals surface area (Å²) in [6.07, 6.45) is 2.72. The molecule has 0 saturated carbocycles. The van der Waals surface area contributed by atoms with Crippen molar-refractivity contribution in [1.82, 2.24) is 10.1 Å². The standard InChI is InChI=1S/C8H13N3O2/c9-4-3-7-10-8(13-11-7)6-2-1-5-12-6/h6H,1-5,9H2/t6-/m1/s1. The summed E-state index contributed by atoms with van der Waals surface area (Å²) in [6.45, 7) is 1.34. The van der Waals surface area contributed by atoms with Crippen LogP contribution in [0.4, 0.5) is 0 Å². The predicted octanol–water partition coefficient (Wildman–Crippen LogP) is 0.422. The van der Waals surface area contributed by atoms with Crippen molar-refractivity contribution < 1.29 is 9.26 Å². The van der Waals surface area contributed by atoms with E-state index in [9.17, 15) is 0 Å². The average molecular weight is 183 g/mol. The Morgan fingerprint density at radius 1 is 1.54 bits per heavy atom. The Labute approximate surface area is 76.3 Å². The van der Waals surface area contributed by atoms with E-state index in [4.69, 9.17) is 15.0 Å². The fourth-order valence-electron chi connectivity index (χ4n) is 1.40. The summed E-state index contributed by atoms with van der Waals surface area (Å²) < 4.78 is 10.5. The second-order valence-electron chi connectivity index (χ2n) is 3.09. The van der Waals surface area contributed by atoms with Crippen LogP contribution in [0, 0.1) is 0 Å². The highest BCUT2D eigenvalue weighted by Crippen LogP contribution is 2.26. The molecule has 5 heteroatoms. The Hall–Kier alpha value is -0.940. The second kappa shape index (κ2) is 3.85. The molecule has 2 rings (SSSR count). The Morgan fingerprint density at radius 3 is 3.15 bits per heavy atom. The molecule has 1 aliphatic heterocycles. The summed E-state index contributed by atoms with van der Waals surface area (Å²) in [4.78, 5) is 4.20. The molecule has 0 unspecified atom stereocenters. The summed E-state index contributed by atoms with van der Waals surface area (Å²) in [5.74, 6) is 1.27. The molecular weight excluding hydrogens is 170 g/mol. The van der Waals surface area contributed by atoms with E-state index < -0.39 is 0 Å². The van der Waals surface area contributed by atoms with Crippen LogP contribution in [0.5, 0.6) is 0 Å². The summed E-state index contributed by atoms with van der Waals surface area (Å²) in [7, 11) is 0. The largest absolute Gasteiger partial charge is 0.368 e. The van der Waals surface area contributed by atoms with Crippen molar-refractivity contribution in [2.24, 2.45) is 5.73 Å². The summed E-state index contributed by atoms with van der Waals surface area (Å²) in [5, 5.41) is 3.80. The SMILES string of the molecule is NCCc1noc([C@H]2CCCO2)n1. The van der Waals surface area contributed by atoms with Crippen molar-refractivity contribution in [1.29, 1.82) is 0 Å². The van der Waals surface area contributed by atoms with Crippen molar-refractivity contribution in [2.75, 3.05) is 13.2 Å². The lowest BCUT2D eigenvalue weighted by molar-refractivity contribution is 0.0835. The third-order valence-corrected chi connectivity index (χ3v) is 2.06. The van der Waals surface area contributed by atoms with E-state index in [-0.39, 0.29) is 6.10 Å². The van der Waals surface area contributed by atoms with Gasteiger partial charge in [-0.2, -0.15) is 4.98 Å². The van der Waals surface area contributed by atoms with Crippen molar-refractivity contribution in [3.05, 3.63) is 11.7 Å². The Kier molecular flexibility index (Phi) is 2.56. The summed E-state index contributed by atoms with van der Waals surface area (Å²) in [6, 6.07) is 0. The molecule has 2 heterocycles. The van der Waals surface area contributed by atoms with Gasteiger partial charge in [-0.25, -0.2) is 0 Å². The molecule has 0 amide bonds. The van der Waals surface area contributed by atoms with Gasteiger partial charge in [-0.05, 0) is 19.4 Å². The van der Waals surface area contributed by atoms with Crippen LogP contribution < -0.4 is 5.73 Å². The number of nitrogens with two attached hydrogens (primary N) is 1. The molecule has 0 aromatic carbocycles. The average Bonchev–Trinajstić information content (AvgIpc) is 2.70. The van der Waals surface area contributed by atoms with Gasteiger partial charge in [0.15, 0.2) is 5.82 Å². The van der Waals surface area contributed by atoms with Crippen molar-refractivity contribution in [3.63, 3.8) is 0 Å². The lowest BCUT2D eigenvalue weighted by atomic mass is 10.2. The van der Waals surface area contributed by atoms with Gasteiger partial charge in [0.2, 0.25) is 0 Å². The zero-order valence-corrected chi connectivity index (χ0v) is 7.40. The smallest absolute Gasteiger partial charge is 0.255 e. The van der Waals surface area contributed by atoms with E-state index >= 15 is 0 Å². The van der Waals surface area contributed by atoms with E-state index in [1.54, 1.807) is 0 Å². The first-order valence-electron chi connectivity index (χ1n) is 4.54. The van der Waals surface area contributed by atoms with Crippen molar-refractivity contribution in [2.45, 2.75) is 25.4 Å². The molecule has 13 heavy (non-hydrogen) atoms. The van der Waals surface area contributed by atoms with Crippen LogP contribution in [0.15, 0.2) is 4.52 Å². The van der Waals surface area contributed by atoms with Gasteiger partial charge in [0, 0.05) is 13.0 Å². The Balaban J connectivity index is 2.03. The monoisotopic (exact) mass is 183 g/mol. The topological polar surface area (TPSA) is 74.2 Å². The van der Waals surface area contributed by atoms with Crippen molar-refractivity contribution in [3.8, 4) is 0 Å². The fraction of sp³-hybridized carbons (Fsp3) is 0.750. The molecule has 0 bridgehead atoms. The Bertz CT molecular complexity index is 268. The molecule has 1 aromatic rings. The summed E-state index contributed by atoms with van der Waals surface area (Å²) >= 11 is 0. The van der Waals surface area contributed by atoms with Gasteiger partial charge in [0.25, 0.3) is 5.89 Å². The maximum atomic E-state index is 5.40. The minimum absolute atomic E-state index is 0.0130. The second-order valence-corrected chi connectivity index (χ2v) is 3.09. The van der Waals surface area contributed by atoms with Gasteiger partial charge < -0.3 is 15.0 Å². The van der Waals surface area contributed by atoms with Gasteiger partial charge in [0.1, 0.15) is 6.10 Å². The molecule has 5 nitrogen and oxygen atoms in total. The van der Waals surface area contributed by atoms with Crippen LogP contribution in [-0.2, 0) is 11.2 Å². The van der Waals surface area contributed by atoms with Crippen LogP contribution in [0.2, 0.25) is 0 Å². The van der Waals surface area contributed by atoms with E-state index in [0.29, 0.717) is 24.7 Å². The third kappa shape index (κ3) is 1.87. The fourth-order valence-corrected chi connectivity index (χ4v) is 1.40. The van der Waals surface area contributed by atoms with Gasteiger partial charge >= 0.3 is 0 Å². The lowest BCUT2D eigenvalue weighted by Crippen LogP contribution is -2.04. The maximum Gasteiger partial charge on any atom is 0.255 e. The third-order valence-electron chi connectivity index (χ3n) is 2.06. The van der Waals surface area contributed by atoms with Gasteiger partial charge in [-0.3, -0.25) is 0 Å². The van der Waals surface area contributed by atoms with Gasteiger partial charge in [-0.1, -0.05) is 5.16 Å². The molecule has 0 radical (unpaired) electrons. The van der Waals surface area contributed by atoms with Gasteiger partial charge in [0.05, 0.1) is 0 Å². The minimum Gasteiger partial charge on any atom is -0.368 e. The molecule has 72 valence electrons. The number of hydrogen-bond acceptors (Lipinski definition) is 5. The molecule has 1 fully saturated rings. The van der Waals surface area contributed by atoms with Crippen LogP contribution in [-0.4, -0.2) is 23.3 Å². The van der Waals surface area contributed by atoms with Gasteiger partial charge in [-0.15, -0.1) is 0 Å². The molecule has 0 aliphatic carbocycles. The van der Waals surface area contributed by atoms with Crippen LogP contribution >= 0.6 is 0 Å². The first kappa shape index (κ1) is 8.65. The highest BCUT2D eigenvalue weighted by molar-refractivity contribution is 4.92. The maximum absolute atomic E-state index is 5.40. The zero-order valence-electron chi connectivity index (χ0n) is 7.40. The summed E-state index contributed by atoms with van der Waals surface area (Å²) in [5.41, 5.74) is 5.37. The number of aromatic nitrogens is 2. The van der Waals surface area contributed by atoms with Crippen LogP contribution in [0.25, 0.3) is 0 Å². The molecule has 0 spiro atoms. The van der Waals surface area contributed by atoms with E-state index in [2.05, 4.69) is 10.1 Å². The molecule has 1 saturated heterocycles. The van der Waals surface area contributed by atoms with E-state index in [1.807, 2.05) is 0 Å². The molecule has 2 N–H and O–H groups in total. The first-order valence-corrected chi connectivity index (χ1v) is 4.54. The number of hydrogen-bond donors (Lipinski definition) is 1. The molecule has 1 aliphatic rings. The highest BCUT2D eigenvalue weighted by atomic mass is 16.5. The molecule has 1 aromatic heterocycles. The minimum atomic E-state index is 0.0130.